The van der Waals surface area contributed by atoms with Gasteiger partial charge in [0.2, 0.25) is 0 Å². The van der Waals surface area contributed by atoms with Crippen molar-refractivity contribution in [3.8, 4) is 0 Å². The Bertz CT molecular complexity index is 765. The fourth-order valence-corrected chi connectivity index (χ4v) is 4.06. The van der Waals surface area contributed by atoms with E-state index < -0.39 is 0 Å². The molecule has 0 bridgehead atoms. The monoisotopic (exact) mass is 377 g/mol. The Hall–Kier alpha value is -0.550. The Kier molecular flexibility index (Phi) is 3.60. The van der Waals surface area contributed by atoms with Crippen LogP contribution in [0.4, 0.5) is 4.39 Å². The van der Waals surface area contributed by atoms with Crippen molar-refractivity contribution < 1.29 is 4.39 Å². The summed E-state index contributed by atoms with van der Waals surface area (Å²) >= 11 is 16.7. The van der Waals surface area contributed by atoms with Gasteiger partial charge < -0.3 is 4.57 Å². The van der Waals surface area contributed by atoms with Crippen LogP contribution in [0.15, 0.2) is 34.2 Å². The normalized spacial score (nSPS) is 11.4. The standard InChI is InChI=1S/C13H7BrCl2FNS/c14-9-6-19-11(12(9)17)5-18-2-1-7-3-8(15)4-10(16)13(7)18/h1-4,6H,5H2. The largest absolute Gasteiger partial charge is 0.341 e. The van der Waals surface area contributed by atoms with Gasteiger partial charge in [0.15, 0.2) is 5.82 Å². The van der Waals surface area contributed by atoms with E-state index in [1.54, 1.807) is 11.4 Å². The maximum atomic E-state index is 13.8. The van der Waals surface area contributed by atoms with Gasteiger partial charge in [0.25, 0.3) is 0 Å². The van der Waals surface area contributed by atoms with E-state index in [1.165, 1.54) is 11.3 Å². The van der Waals surface area contributed by atoms with Crippen molar-refractivity contribution in [2.24, 2.45) is 0 Å². The van der Waals surface area contributed by atoms with Crippen molar-refractivity contribution in [2.45, 2.75) is 6.54 Å². The second-order valence-corrected chi connectivity index (χ2v) is 6.75. The van der Waals surface area contributed by atoms with Crippen molar-refractivity contribution in [1.29, 1.82) is 0 Å². The number of aromatic nitrogens is 1. The highest BCUT2D eigenvalue weighted by Gasteiger charge is 2.12. The molecule has 0 N–H and O–H groups in total. The summed E-state index contributed by atoms with van der Waals surface area (Å²) in [5.74, 6) is -0.211. The van der Waals surface area contributed by atoms with Gasteiger partial charge in [-0.05, 0) is 34.1 Å². The van der Waals surface area contributed by atoms with Crippen molar-refractivity contribution in [3.63, 3.8) is 0 Å². The zero-order chi connectivity index (χ0) is 13.6. The first-order chi connectivity index (χ1) is 9.06. The van der Waals surface area contributed by atoms with Crippen LogP contribution in [0.25, 0.3) is 10.9 Å². The summed E-state index contributed by atoms with van der Waals surface area (Å²) in [5.41, 5.74) is 0.870. The molecule has 0 aliphatic heterocycles. The summed E-state index contributed by atoms with van der Waals surface area (Å²) in [6.07, 6.45) is 1.89. The molecule has 0 atom stereocenters. The third-order valence-corrected chi connectivity index (χ3v) is 5.18. The SMILES string of the molecule is Fc1c(Br)csc1Cn1ccc2cc(Cl)cc(Cl)c21. The smallest absolute Gasteiger partial charge is 0.153 e. The molecule has 6 heteroatoms. The average molecular weight is 379 g/mol. The molecular weight excluding hydrogens is 372 g/mol. The summed E-state index contributed by atoms with van der Waals surface area (Å²) in [4.78, 5) is 0.662. The highest BCUT2D eigenvalue weighted by atomic mass is 79.9. The molecule has 1 nitrogen and oxygen atoms in total. The number of hydrogen-bond donors (Lipinski definition) is 0. The zero-order valence-electron chi connectivity index (χ0n) is 9.46. The highest BCUT2D eigenvalue weighted by molar-refractivity contribution is 9.10. The molecule has 0 saturated carbocycles. The van der Waals surface area contributed by atoms with E-state index >= 15 is 0 Å². The number of nitrogens with zero attached hydrogens (tertiary/aromatic N) is 1. The Morgan fingerprint density at radius 3 is 2.79 bits per heavy atom. The van der Waals surface area contributed by atoms with E-state index in [2.05, 4.69) is 15.9 Å². The third kappa shape index (κ3) is 2.42. The van der Waals surface area contributed by atoms with Gasteiger partial charge in [0.05, 0.1) is 26.4 Å². The maximum absolute atomic E-state index is 13.8. The summed E-state index contributed by atoms with van der Waals surface area (Å²) in [6, 6.07) is 5.47. The zero-order valence-corrected chi connectivity index (χ0v) is 13.4. The van der Waals surface area contributed by atoms with Gasteiger partial charge in [0, 0.05) is 22.0 Å². The quantitative estimate of drug-likeness (QED) is 0.518. The van der Waals surface area contributed by atoms with Crippen molar-refractivity contribution in [3.05, 3.63) is 55.0 Å². The van der Waals surface area contributed by atoms with Gasteiger partial charge in [-0.25, -0.2) is 4.39 Å². The highest BCUT2D eigenvalue weighted by Crippen LogP contribution is 2.31. The van der Waals surface area contributed by atoms with Crippen LogP contribution in [-0.4, -0.2) is 4.57 Å². The number of halogens is 4. The van der Waals surface area contributed by atoms with Crippen LogP contribution in [0.1, 0.15) is 4.88 Å². The molecule has 1 aromatic carbocycles. The minimum absolute atomic E-state index is 0.211. The first-order valence-corrected chi connectivity index (χ1v) is 7.84. The molecule has 3 aromatic rings. The second kappa shape index (κ2) is 5.09. The maximum Gasteiger partial charge on any atom is 0.153 e. The van der Waals surface area contributed by atoms with E-state index in [9.17, 15) is 4.39 Å². The van der Waals surface area contributed by atoms with E-state index in [1.807, 2.05) is 22.9 Å². The summed E-state index contributed by atoms with van der Waals surface area (Å²) in [7, 11) is 0. The van der Waals surface area contributed by atoms with E-state index in [4.69, 9.17) is 23.2 Å². The van der Waals surface area contributed by atoms with Gasteiger partial charge >= 0.3 is 0 Å². The summed E-state index contributed by atoms with van der Waals surface area (Å²) in [6.45, 7) is 0.451. The summed E-state index contributed by atoms with van der Waals surface area (Å²) < 4.78 is 16.2. The van der Waals surface area contributed by atoms with Crippen molar-refractivity contribution in [1.82, 2.24) is 4.57 Å². The van der Waals surface area contributed by atoms with Crippen LogP contribution in [0.2, 0.25) is 10.0 Å². The Morgan fingerprint density at radius 1 is 1.32 bits per heavy atom. The van der Waals surface area contributed by atoms with Crippen molar-refractivity contribution >= 4 is 61.4 Å². The molecule has 3 rings (SSSR count). The fourth-order valence-electron chi connectivity index (χ4n) is 2.01. The predicted octanol–water partition coefficient (Wildman–Crippen LogP) is 5.96. The molecule has 0 aliphatic rings. The molecule has 19 heavy (non-hydrogen) atoms. The van der Waals surface area contributed by atoms with Gasteiger partial charge in [-0.1, -0.05) is 23.2 Å². The number of fused-ring (bicyclic) bond motifs is 1. The lowest BCUT2D eigenvalue weighted by Crippen LogP contribution is -1.98. The average Bonchev–Trinajstić information content (AvgIpc) is 2.88. The van der Waals surface area contributed by atoms with Gasteiger partial charge in [-0.2, -0.15) is 0 Å². The van der Waals surface area contributed by atoms with Crippen LogP contribution < -0.4 is 0 Å². The summed E-state index contributed by atoms with van der Waals surface area (Å²) in [5, 5.41) is 3.87. The number of thiophene rings is 1. The minimum atomic E-state index is -0.211. The molecule has 2 aromatic heterocycles. The lowest BCUT2D eigenvalue weighted by atomic mass is 10.2. The molecule has 0 saturated heterocycles. The van der Waals surface area contributed by atoms with Crippen LogP contribution in [-0.2, 0) is 6.54 Å². The molecule has 98 valence electrons. The predicted molar refractivity (Wildman–Crippen MR) is 83.0 cm³/mol. The Labute approximate surface area is 131 Å². The Morgan fingerprint density at radius 2 is 2.11 bits per heavy atom. The molecule has 0 aliphatic carbocycles. The van der Waals surface area contributed by atoms with Crippen LogP contribution >= 0.6 is 50.5 Å². The third-order valence-electron chi connectivity index (χ3n) is 2.85. The lowest BCUT2D eigenvalue weighted by molar-refractivity contribution is 0.606. The minimum Gasteiger partial charge on any atom is -0.341 e. The number of benzene rings is 1. The molecule has 0 spiro atoms. The van der Waals surface area contributed by atoms with Gasteiger partial charge in [-0.15, -0.1) is 11.3 Å². The first-order valence-electron chi connectivity index (χ1n) is 5.41. The molecular formula is C13H7BrCl2FNS. The molecule has 0 amide bonds. The van der Waals surface area contributed by atoms with Crippen molar-refractivity contribution in [2.75, 3.05) is 0 Å². The topological polar surface area (TPSA) is 4.93 Å². The fraction of sp³-hybridized carbons (Fsp3) is 0.0769. The molecule has 0 radical (unpaired) electrons. The number of rotatable bonds is 2. The molecule has 0 unspecified atom stereocenters. The van der Waals surface area contributed by atoms with E-state index in [0.717, 1.165) is 10.9 Å². The van der Waals surface area contributed by atoms with Crippen LogP contribution in [0, 0.1) is 5.82 Å². The van der Waals surface area contributed by atoms with Gasteiger partial charge in [0.1, 0.15) is 0 Å². The van der Waals surface area contributed by atoms with E-state index in [0.29, 0.717) is 25.9 Å². The molecule has 2 heterocycles. The van der Waals surface area contributed by atoms with Crippen LogP contribution in [0.5, 0.6) is 0 Å². The van der Waals surface area contributed by atoms with Gasteiger partial charge in [-0.3, -0.25) is 0 Å². The lowest BCUT2D eigenvalue weighted by Gasteiger charge is -2.06. The number of hydrogen-bond acceptors (Lipinski definition) is 1. The Balaban J connectivity index is 2.09. The second-order valence-electron chi connectivity index (χ2n) is 4.09. The van der Waals surface area contributed by atoms with E-state index in [-0.39, 0.29) is 5.82 Å². The van der Waals surface area contributed by atoms with Crippen LogP contribution in [0.3, 0.4) is 0 Å². The first kappa shape index (κ1) is 13.4. The molecule has 0 fully saturated rings.